The number of hydrogen-bond acceptors (Lipinski definition) is 4. The van der Waals surface area contributed by atoms with Gasteiger partial charge >= 0.3 is 6.18 Å². The maximum absolute atomic E-state index is 14.5. The van der Waals surface area contributed by atoms with E-state index in [0.29, 0.717) is 16.3 Å². The van der Waals surface area contributed by atoms with Crippen LogP contribution in [0.15, 0.2) is 108 Å². The molecule has 1 atom stereocenters. The van der Waals surface area contributed by atoms with E-state index >= 15 is 0 Å². The molecule has 1 N–H and O–H groups in total. The topological polar surface area (TPSA) is 84.1 Å². The normalized spacial score (nSPS) is 12.7. The Labute approximate surface area is 239 Å². The van der Waals surface area contributed by atoms with Crippen molar-refractivity contribution in [2.24, 2.45) is 0 Å². The van der Waals surface area contributed by atoms with E-state index in [2.05, 4.69) is 0 Å². The maximum atomic E-state index is 14.5. The molecule has 1 aromatic heterocycles. The Morgan fingerprint density at radius 1 is 0.927 bits per heavy atom. The molecule has 0 fully saturated rings. The molecule has 0 aliphatic carbocycles. The second kappa shape index (κ2) is 11.3. The lowest BCUT2D eigenvalue weighted by Gasteiger charge is -2.21. The summed E-state index contributed by atoms with van der Waals surface area (Å²) in [5, 5.41) is 10.1. The van der Waals surface area contributed by atoms with Crippen LogP contribution in [0.3, 0.4) is 0 Å². The second-order valence-electron chi connectivity index (χ2n) is 9.17. The molecule has 5 aromatic rings. The van der Waals surface area contributed by atoms with Crippen molar-refractivity contribution in [2.75, 3.05) is 0 Å². The molecule has 41 heavy (non-hydrogen) atoms. The molecule has 0 saturated carbocycles. The Morgan fingerprint density at radius 3 is 2.32 bits per heavy atom. The minimum absolute atomic E-state index is 0.145. The lowest BCUT2D eigenvalue weighted by atomic mass is 10.0. The Balaban J connectivity index is 1.54. The number of nitrogens with zero attached hydrogens (tertiary/aromatic N) is 2. The zero-order valence-electron chi connectivity index (χ0n) is 21.1. The Morgan fingerprint density at radius 2 is 1.63 bits per heavy atom. The average Bonchev–Trinajstić information content (AvgIpc) is 3.30. The highest BCUT2D eigenvalue weighted by atomic mass is 35.5. The minimum Gasteiger partial charge on any atom is -0.457 e. The van der Waals surface area contributed by atoms with Crippen LogP contribution in [0.2, 0.25) is 5.02 Å². The molecule has 0 aliphatic rings. The van der Waals surface area contributed by atoms with Crippen molar-refractivity contribution < 1.29 is 26.3 Å². The number of benzene rings is 4. The SMILES string of the molecule is N#Cc1ccc2c(C(NS(=O)(=O)c3cccc(Oc4ccccc4)c3)C(F)(F)F)cn(Cc3ccc(Cl)cc3)c2c1. The molecule has 4 aromatic carbocycles. The summed E-state index contributed by atoms with van der Waals surface area (Å²) in [7, 11) is -4.67. The third-order valence-corrected chi connectivity index (χ3v) is 7.99. The molecule has 0 spiro atoms. The van der Waals surface area contributed by atoms with Gasteiger partial charge in [-0.15, -0.1) is 0 Å². The molecule has 1 unspecified atom stereocenters. The van der Waals surface area contributed by atoms with Crippen LogP contribution in [-0.4, -0.2) is 19.2 Å². The number of aromatic nitrogens is 1. The van der Waals surface area contributed by atoms with Gasteiger partial charge in [0, 0.05) is 40.3 Å². The number of hydrogen-bond donors (Lipinski definition) is 1. The van der Waals surface area contributed by atoms with Crippen molar-refractivity contribution in [3.8, 4) is 17.6 Å². The first-order valence-electron chi connectivity index (χ1n) is 12.2. The van der Waals surface area contributed by atoms with E-state index in [-0.39, 0.29) is 28.8 Å². The standard InChI is InChI=1S/C30H21ClF3N3O3S/c31-22-12-9-20(10-13-22)18-37-19-27(26-14-11-21(17-35)15-28(26)37)29(30(32,33)34)36-41(38,39)25-8-4-7-24(16-25)40-23-5-2-1-3-6-23/h1-16,19,29,36H,18H2. The molecule has 5 rings (SSSR count). The van der Waals surface area contributed by atoms with Crippen molar-refractivity contribution in [1.29, 1.82) is 5.26 Å². The van der Waals surface area contributed by atoms with Crippen molar-refractivity contribution in [3.05, 3.63) is 125 Å². The van der Waals surface area contributed by atoms with Crippen LogP contribution in [0.4, 0.5) is 13.2 Å². The van der Waals surface area contributed by atoms with Gasteiger partial charge in [-0.3, -0.25) is 0 Å². The van der Waals surface area contributed by atoms with E-state index in [1.54, 1.807) is 59.2 Å². The van der Waals surface area contributed by atoms with E-state index < -0.39 is 27.1 Å². The van der Waals surface area contributed by atoms with Crippen LogP contribution in [0.1, 0.15) is 22.7 Å². The van der Waals surface area contributed by atoms with Crippen molar-refractivity contribution in [1.82, 2.24) is 9.29 Å². The largest absolute Gasteiger partial charge is 0.457 e. The number of para-hydroxylation sites is 1. The number of rotatable bonds is 8. The molecule has 0 saturated heterocycles. The smallest absolute Gasteiger partial charge is 0.408 e. The fourth-order valence-corrected chi connectivity index (χ4v) is 5.76. The fraction of sp³-hybridized carbons (Fsp3) is 0.100. The molecular weight excluding hydrogens is 575 g/mol. The average molecular weight is 596 g/mol. The van der Waals surface area contributed by atoms with Gasteiger partial charge in [-0.2, -0.15) is 23.2 Å². The minimum atomic E-state index is -4.99. The first kappa shape index (κ1) is 28.2. The van der Waals surface area contributed by atoms with Crippen LogP contribution >= 0.6 is 11.6 Å². The van der Waals surface area contributed by atoms with Crippen LogP contribution in [0.25, 0.3) is 10.9 Å². The van der Waals surface area contributed by atoms with Crippen molar-refractivity contribution >= 4 is 32.5 Å². The monoisotopic (exact) mass is 595 g/mol. The van der Waals surface area contributed by atoms with E-state index in [4.69, 9.17) is 16.3 Å². The Kier molecular flexibility index (Phi) is 7.78. The first-order valence-corrected chi connectivity index (χ1v) is 14.1. The summed E-state index contributed by atoms with van der Waals surface area (Å²) in [5.74, 6) is 0.583. The molecule has 208 valence electrons. The molecule has 0 aliphatic heterocycles. The molecule has 0 amide bonds. The Bertz CT molecular complexity index is 1850. The highest BCUT2D eigenvalue weighted by molar-refractivity contribution is 7.89. The van der Waals surface area contributed by atoms with Crippen molar-refractivity contribution in [3.63, 3.8) is 0 Å². The number of nitriles is 1. The van der Waals surface area contributed by atoms with Gasteiger partial charge in [-0.05, 0) is 54.1 Å². The van der Waals surface area contributed by atoms with E-state index in [1.165, 1.54) is 42.6 Å². The highest BCUT2D eigenvalue weighted by Crippen LogP contribution is 2.39. The van der Waals surface area contributed by atoms with Gasteiger partial charge in [0.05, 0.1) is 16.5 Å². The summed E-state index contributed by atoms with van der Waals surface area (Å²) >= 11 is 5.97. The fourth-order valence-electron chi connectivity index (χ4n) is 4.40. The predicted octanol–water partition coefficient (Wildman–Crippen LogP) is 7.59. The highest BCUT2D eigenvalue weighted by Gasteiger charge is 2.45. The van der Waals surface area contributed by atoms with E-state index in [0.717, 1.165) is 11.6 Å². The lowest BCUT2D eigenvalue weighted by molar-refractivity contribution is -0.152. The van der Waals surface area contributed by atoms with E-state index in [1.807, 2.05) is 10.8 Å². The van der Waals surface area contributed by atoms with Crippen LogP contribution < -0.4 is 9.46 Å². The van der Waals surface area contributed by atoms with Gasteiger partial charge in [0.15, 0.2) is 0 Å². The predicted molar refractivity (Wildman–Crippen MR) is 149 cm³/mol. The maximum Gasteiger partial charge on any atom is 0.408 e. The zero-order chi connectivity index (χ0) is 29.2. The summed E-state index contributed by atoms with van der Waals surface area (Å²) in [4.78, 5) is -0.392. The van der Waals surface area contributed by atoms with Crippen molar-refractivity contribution in [2.45, 2.75) is 23.7 Å². The third kappa shape index (κ3) is 6.38. The van der Waals surface area contributed by atoms with Gasteiger partial charge in [0.1, 0.15) is 17.5 Å². The number of alkyl halides is 3. The van der Waals surface area contributed by atoms with Gasteiger partial charge in [0.25, 0.3) is 0 Å². The molecule has 1 heterocycles. The van der Waals surface area contributed by atoms with Crippen LogP contribution in [-0.2, 0) is 16.6 Å². The van der Waals surface area contributed by atoms with E-state index in [9.17, 15) is 26.9 Å². The summed E-state index contributed by atoms with van der Waals surface area (Å²) in [6.45, 7) is 0.165. The van der Waals surface area contributed by atoms with Crippen LogP contribution in [0.5, 0.6) is 11.5 Å². The summed E-state index contributed by atoms with van der Waals surface area (Å²) < 4.78 is 79.3. The second-order valence-corrected chi connectivity index (χ2v) is 11.3. The quantitative estimate of drug-likeness (QED) is 0.200. The number of halogens is 4. The summed E-state index contributed by atoms with van der Waals surface area (Å²) in [6.07, 6.45) is -3.73. The summed E-state index contributed by atoms with van der Waals surface area (Å²) in [6, 6.07) is 24.3. The molecular formula is C30H21ClF3N3O3S. The summed E-state index contributed by atoms with van der Waals surface area (Å²) in [5.41, 5.74) is 1.05. The lowest BCUT2D eigenvalue weighted by Crippen LogP contribution is -2.38. The molecule has 6 nitrogen and oxygen atoms in total. The molecule has 0 bridgehead atoms. The molecule has 11 heteroatoms. The zero-order valence-corrected chi connectivity index (χ0v) is 22.7. The van der Waals surface area contributed by atoms with Gasteiger partial charge in [-0.1, -0.05) is 54.1 Å². The number of ether oxygens (including phenoxy) is 1. The number of fused-ring (bicyclic) bond motifs is 1. The number of sulfonamides is 1. The first-order chi connectivity index (χ1) is 19.5. The third-order valence-electron chi connectivity index (χ3n) is 6.31. The number of nitrogens with one attached hydrogen (secondary N) is 1. The van der Waals surface area contributed by atoms with Gasteiger partial charge in [-0.25, -0.2) is 8.42 Å². The molecule has 0 radical (unpaired) electrons. The van der Waals surface area contributed by atoms with Gasteiger partial charge in [0.2, 0.25) is 10.0 Å². The van der Waals surface area contributed by atoms with Gasteiger partial charge < -0.3 is 9.30 Å². The van der Waals surface area contributed by atoms with Crippen LogP contribution in [0, 0.1) is 11.3 Å². The Hall–Kier alpha value is -4.30.